The molecule has 2 amide bonds. The number of hydrogen-bond acceptors (Lipinski definition) is 4. The van der Waals surface area contributed by atoms with E-state index in [4.69, 9.17) is 0 Å². The molecular formula is C29H43N3O4S. The number of amides is 2. The molecule has 0 spiro atoms. The Morgan fingerprint density at radius 3 is 2.27 bits per heavy atom. The van der Waals surface area contributed by atoms with Crippen LogP contribution in [-0.4, -0.2) is 50.5 Å². The van der Waals surface area contributed by atoms with E-state index in [2.05, 4.69) is 5.32 Å². The van der Waals surface area contributed by atoms with Gasteiger partial charge in [-0.15, -0.1) is 0 Å². The Labute approximate surface area is 223 Å². The van der Waals surface area contributed by atoms with E-state index in [0.717, 1.165) is 22.3 Å². The van der Waals surface area contributed by atoms with Crippen LogP contribution in [0.25, 0.3) is 0 Å². The van der Waals surface area contributed by atoms with Gasteiger partial charge in [0.15, 0.2) is 0 Å². The van der Waals surface area contributed by atoms with Crippen molar-refractivity contribution in [2.24, 2.45) is 5.92 Å². The number of aryl methyl sites for hydroxylation is 3. The quantitative estimate of drug-likeness (QED) is 0.406. The highest BCUT2D eigenvalue weighted by molar-refractivity contribution is 7.92. The molecule has 0 radical (unpaired) electrons. The molecule has 0 bridgehead atoms. The molecule has 2 aromatic rings. The van der Waals surface area contributed by atoms with Gasteiger partial charge in [-0.05, 0) is 67.9 Å². The molecule has 0 aromatic heterocycles. The van der Waals surface area contributed by atoms with Crippen LogP contribution >= 0.6 is 0 Å². The van der Waals surface area contributed by atoms with Gasteiger partial charge in [0.25, 0.3) is 0 Å². The van der Waals surface area contributed by atoms with Gasteiger partial charge in [0.05, 0.1) is 11.9 Å². The number of carbonyl (C=O) groups excluding carboxylic acids is 2. The summed E-state index contributed by atoms with van der Waals surface area (Å²) in [7, 11) is -3.54. The molecule has 0 aliphatic carbocycles. The fourth-order valence-electron chi connectivity index (χ4n) is 4.28. The Morgan fingerprint density at radius 2 is 1.68 bits per heavy atom. The SMILES string of the molecule is CC[C@@H](C(=O)NCC(C)C)N(Cc1ccccc1C)C(=O)CCCN(c1cc(C)ccc1C)S(C)(=O)=O. The van der Waals surface area contributed by atoms with Crippen LogP contribution in [0.1, 0.15) is 62.3 Å². The van der Waals surface area contributed by atoms with Crippen molar-refractivity contribution in [1.29, 1.82) is 0 Å². The lowest BCUT2D eigenvalue weighted by Gasteiger charge is -2.32. The summed E-state index contributed by atoms with van der Waals surface area (Å²) in [5.41, 5.74) is 4.49. The van der Waals surface area contributed by atoms with E-state index in [-0.39, 0.29) is 24.8 Å². The fourth-order valence-corrected chi connectivity index (χ4v) is 5.30. The number of anilines is 1. The van der Waals surface area contributed by atoms with Crippen LogP contribution in [0.4, 0.5) is 5.69 Å². The number of benzene rings is 2. The summed E-state index contributed by atoms with van der Waals surface area (Å²) in [4.78, 5) is 28.3. The highest BCUT2D eigenvalue weighted by Gasteiger charge is 2.29. The number of hydrogen-bond donors (Lipinski definition) is 1. The summed E-state index contributed by atoms with van der Waals surface area (Å²) in [6, 6.07) is 12.9. The molecule has 8 heteroatoms. The van der Waals surface area contributed by atoms with Crippen molar-refractivity contribution in [2.75, 3.05) is 23.7 Å². The smallest absolute Gasteiger partial charge is 0.242 e. The summed E-state index contributed by atoms with van der Waals surface area (Å²) >= 11 is 0. The highest BCUT2D eigenvalue weighted by atomic mass is 32.2. The third-order valence-electron chi connectivity index (χ3n) is 6.46. The topological polar surface area (TPSA) is 86.8 Å². The van der Waals surface area contributed by atoms with Crippen molar-refractivity contribution in [3.05, 3.63) is 64.7 Å². The van der Waals surface area contributed by atoms with Crippen molar-refractivity contribution >= 4 is 27.5 Å². The van der Waals surface area contributed by atoms with Crippen molar-refractivity contribution in [3.63, 3.8) is 0 Å². The van der Waals surface area contributed by atoms with Crippen LogP contribution in [0, 0.1) is 26.7 Å². The van der Waals surface area contributed by atoms with Gasteiger partial charge in [0.1, 0.15) is 6.04 Å². The van der Waals surface area contributed by atoms with E-state index in [1.807, 2.05) is 84.0 Å². The predicted molar refractivity (Wildman–Crippen MR) is 151 cm³/mol. The number of sulfonamides is 1. The maximum absolute atomic E-state index is 13.6. The monoisotopic (exact) mass is 529 g/mol. The number of carbonyl (C=O) groups is 2. The van der Waals surface area contributed by atoms with Gasteiger partial charge in [0.2, 0.25) is 21.8 Å². The molecule has 0 aliphatic rings. The normalized spacial score (nSPS) is 12.3. The summed E-state index contributed by atoms with van der Waals surface area (Å²) in [5, 5.41) is 2.98. The summed E-state index contributed by atoms with van der Waals surface area (Å²) in [6.45, 7) is 12.8. The molecule has 0 fully saturated rings. The zero-order valence-corrected chi connectivity index (χ0v) is 24.2. The van der Waals surface area contributed by atoms with Crippen LogP contribution in [0.15, 0.2) is 42.5 Å². The Balaban J connectivity index is 2.25. The van der Waals surface area contributed by atoms with E-state index < -0.39 is 16.1 Å². The Bertz CT molecular complexity index is 1180. The van der Waals surface area contributed by atoms with Crippen LogP contribution < -0.4 is 9.62 Å². The Morgan fingerprint density at radius 1 is 1.00 bits per heavy atom. The molecule has 1 atom stereocenters. The summed E-state index contributed by atoms with van der Waals surface area (Å²) < 4.78 is 26.6. The Hall–Kier alpha value is -2.87. The van der Waals surface area contributed by atoms with Gasteiger partial charge in [-0.1, -0.05) is 57.2 Å². The van der Waals surface area contributed by atoms with Crippen molar-refractivity contribution in [1.82, 2.24) is 10.2 Å². The minimum absolute atomic E-state index is 0.136. The Kier molecular flexibility index (Phi) is 11.2. The maximum Gasteiger partial charge on any atom is 0.242 e. The van der Waals surface area contributed by atoms with E-state index in [1.54, 1.807) is 4.90 Å². The van der Waals surface area contributed by atoms with E-state index >= 15 is 0 Å². The number of nitrogens with zero attached hydrogens (tertiary/aromatic N) is 2. The van der Waals surface area contributed by atoms with Gasteiger partial charge in [-0.25, -0.2) is 8.42 Å². The van der Waals surface area contributed by atoms with Crippen LogP contribution in [-0.2, 0) is 26.2 Å². The fraction of sp³-hybridized carbons (Fsp3) is 0.517. The molecule has 2 rings (SSSR count). The molecular weight excluding hydrogens is 486 g/mol. The van der Waals surface area contributed by atoms with Gasteiger partial charge < -0.3 is 10.2 Å². The summed E-state index contributed by atoms with van der Waals surface area (Å²) in [5.74, 6) is -0.0236. The van der Waals surface area contributed by atoms with Gasteiger partial charge in [-0.3, -0.25) is 13.9 Å². The molecule has 2 aromatic carbocycles. The minimum Gasteiger partial charge on any atom is -0.354 e. The molecule has 1 N–H and O–H groups in total. The standard InChI is InChI=1S/C29H43N3O4S/c1-8-26(29(34)30-19-21(2)3)31(20-25-13-10-9-12-23(25)5)28(33)14-11-17-32(37(7,35)36)27-18-22(4)15-16-24(27)6/h9-10,12-13,15-16,18,21,26H,8,11,14,17,19-20H2,1-7H3,(H,30,34)/t26-/m0/s1. The zero-order valence-electron chi connectivity index (χ0n) is 23.4. The second kappa shape index (κ2) is 13.6. The number of rotatable bonds is 13. The van der Waals surface area contributed by atoms with Gasteiger partial charge in [0, 0.05) is 26.1 Å². The lowest BCUT2D eigenvalue weighted by molar-refractivity contribution is -0.141. The number of nitrogens with one attached hydrogen (secondary N) is 1. The van der Waals surface area contributed by atoms with E-state index in [0.29, 0.717) is 37.5 Å². The van der Waals surface area contributed by atoms with Crippen LogP contribution in [0.2, 0.25) is 0 Å². The minimum atomic E-state index is -3.54. The van der Waals surface area contributed by atoms with E-state index in [9.17, 15) is 18.0 Å². The van der Waals surface area contributed by atoms with Crippen molar-refractivity contribution in [3.8, 4) is 0 Å². The molecule has 7 nitrogen and oxygen atoms in total. The highest BCUT2D eigenvalue weighted by Crippen LogP contribution is 2.25. The zero-order chi connectivity index (χ0) is 27.8. The van der Waals surface area contributed by atoms with E-state index in [1.165, 1.54) is 10.6 Å². The lowest BCUT2D eigenvalue weighted by Crippen LogP contribution is -2.49. The van der Waals surface area contributed by atoms with Crippen molar-refractivity contribution in [2.45, 2.75) is 73.4 Å². The molecule has 37 heavy (non-hydrogen) atoms. The van der Waals surface area contributed by atoms with Gasteiger partial charge >= 0.3 is 0 Å². The third kappa shape index (κ3) is 8.88. The first-order valence-corrected chi connectivity index (χ1v) is 14.9. The molecule has 0 saturated heterocycles. The van der Waals surface area contributed by atoms with Crippen molar-refractivity contribution < 1.29 is 18.0 Å². The third-order valence-corrected chi connectivity index (χ3v) is 7.64. The lowest BCUT2D eigenvalue weighted by atomic mass is 10.0. The average molecular weight is 530 g/mol. The largest absolute Gasteiger partial charge is 0.354 e. The first-order valence-electron chi connectivity index (χ1n) is 13.0. The second-order valence-electron chi connectivity index (χ2n) is 10.2. The molecule has 0 unspecified atom stereocenters. The second-order valence-corrected chi connectivity index (χ2v) is 12.1. The molecule has 0 aliphatic heterocycles. The average Bonchev–Trinajstić information content (AvgIpc) is 2.82. The molecule has 0 heterocycles. The molecule has 0 saturated carbocycles. The predicted octanol–water partition coefficient (Wildman–Crippen LogP) is 4.74. The van der Waals surface area contributed by atoms with Crippen LogP contribution in [0.3, 0.4) is 0 Å². The van der Waals surface area contributed by atoms with Gasteiger partial charge in [-0.2, -0.15) is 0 Å². The van der Waals surface area contributed by atoms with Crippen LogP contribution in [0.5, 0.6) is 0 Å². The maximum atomic E-state index is 13.6. The molecule has 204 valence electrons. The first kappa shape index (κ1) is 30.4. The summed E-state index contributed by atoms with van der Waals surface area (Å²) in [6.07, 6.45) is 2.15. The first-order chi connectivity index (χ1) is 17.3.